The van der Waals surface area contributed by atoms with Gasteiger partial charge in [0.25, 0.3) is 11.6 Å². The van der Waals surface area contributed by atoms with Gasteiger partial charge in [-0.15, -0.1) is 0 Å². The van der Waals surface area contributed by atoms with E-state index in [2.05, 4.69) is 34.2 Å². The Morgan fingerprint density at radius 2 is 2.04 bits per heavy atom. The predicted octanol–water partition coefficient (Wildman–Crippen LogP) is 2.07. The summed E-state index contributed by atoms with van der Waals surface area (Å²) in [5, 5.41) is 7.61. The molecule has 7 nitrogen and oxygen atoms in total. The molecule has 0 aromatic carbocycles. The molecule has 1 aliphatic heterocycles. The molecule has 1 fully saturated rings. The number of amides is 1. The average Bonchev–Trinajstić information content (AvgIpc) is 2.90. The Morgan fingerprint density at radius 1 is 1.32 bits per heavy atom. The highest BCUT2D eigenvalue weighted by atomic mass is 16.5. The molecule has 0 aliphatic carbocycles. The van der Waals surface area contributed by atoms with Crippen molar-refractivity contribution < 1.29 is 14.1 Å². The zero-order chi connectivity index (χ0) is 18.0. The van der Waals surface area contributed by atoms with Crippen molar-refractivity contribution in [2.75, 3.05) is 26.2 Å². The second kappa shape index (κ2) is 7.49. The topological polar surface area (TPSA) is 80.5 Å². The number of rotatable bonds is 5. The first-order chi connectivity index (χ1) is 11.9. The molecule has 25 heavy (non-hydrogen) atoms. The van der Waals surface area contributed by atoms with Gasteiger partial charge in [-0.25, -0.2) is 4.98 Å². The second-order valence-electron chi connectivity index (χ2n) is 6.89. The van der Waals surface area contributed by atoms with Crippen molar-refractivity contribution in [2.45, 2.75) is 46.3 Å². The standard InChI is InChI=1S/C18H26N4O3/c1-11-8-15(16-14(4)21-25-18(16)20-11)17(23)19-6-5-7-22-9-12(2)24-13(3)10-22/h8,12-13H,5-7,9-10H2,1-4H3,(H,19,23). The first-order valence-corrected chi connectivity index (χ1v) is 8.83. The Morgan fingerprint density at radius 3 is 2.76 bits per heavy atom. The van der Waals surface area contributed by atoms with E-state index in [1.165, 1.54) is 0 Å². The quantitative estimate of drug-likeness (QED) is 0.835. The molecule has 7 heteroatoms. The molecule has 3 rings (SSSR count). The predicted molar refractivity (Wildman–Crippen MR) is 94.7 cm³/mol. The summed E-state index contributed by atoms with van der Waals surface area (Å²) in [6, 6.07) is 1.78. The number of hydrogen-bond acceptors (Lipinski definition) is 6. The molecule has 1 N–H and O–H groups in total. The smallest absolute Gasteiger partial charge is 0.258 e. The third-order valence-corrected chi connectivity index (χ3v) is 4.42. The molecule has 0 bridgehead atoms. The molecule has 2 aromatic rings. The van der Waals surface area contributed by atoms with Gasteiger partial charge in [0.1, 0.15) is 0 Å². The fourth-order valence-electron chi connectivity index (χ4n) is 3.46. The average molecular weight is 346 g/mol. The summed E-state index contributed by atoms with van der Waals surface area (Å²) in [6.45, 7) is 11.3. The molecular formula is C18H26N4O3. The van der Waals surface area contributed by atoms with E-state index in [0.29, 0.717) is 28.9 Å². The highest BCUT2D eigenvalue weighted by molar-refractivity contribution is 6.05. The van der Waals surface area contributed by atoms with Crippen LogP contribution in [0.4, 0.5) is 0 Å². The van der Waals surface area contributed by atoms with Gasteiger partial charge < -0.3 is 14.6 Å². The molecule has 0 saturated carbocycles. The fraction of sp³-hybridized carbons (Fsp3) is 0.611. The number of pyridine rings is 1. The molecule has 3 heterocycles. The fourth-order valence-corrected chi connectivity index (χ4v) is 3.46. The molecule has 2 unspecified atom stereocenters. The van der Waals surface area contributed by atoms with Crippen LogP contribution in [0.1, 0.15) is 42.0 Å². The molecule has 0 radical (unpaired) electrons. The Balaban J connectivity index is 1.56. The third-order valence-electron chi connectivity index (χ3n) is 4.42. The number of carbonyl (C=O) groups excluding carboxylic acids is 1. The van der Waals surface area contributed by atoms with Crippen molar-refractivity contribution in [3.8, 4) is 0 Å². The lowest BCUT2D eigenvalue weighted by Crippen LogP contribution is -2.46. The van der Waals surface area contributed by atoms with E-state index < -0.39 is 0 Å². The van der Waals surface area contributed by atoms with Crippen LogP contribution in [-0.2, 0) is 4.74 Å². The van der Waals surface area contributed by atoms with Crippen LogP contribution in [0.25, 0.3) is 11.1 Å². The van der Waals surface area contributed by atoms with Crippen molar-refractivity contribution in [2.24, 2.45) is 0 Å². The van der Waals surface area contributed by atoms with Gasteiger partial charge in [-0.2, -0.15) is 0 Å². The van der Waals surface area contributed by atoms with E-state index in [-0.39, 0.29) is 18.1 Å². The molecule has 1 amide bonds. The monoisotopic (exact) mass is 346 g/mol. The van der Waals surface area contributed by atoms with Gasteiger partial charge in [0.15, 0.2) is 0 Å². The largest absolute Gasteiger partial charge is 0.373 e. The summed E-state index contributed by atoms with van der Waals surface area (Å²) in [5.74, 6) is -0.106. The number of morpholine rings is 1. The van der Waals surface area contributed by atoms with Crippen molar-refractivity contribution in [3.05, 3.63) is 23.0 Å². The van der Waals surface area contributed by atoms with E-state index >= 15 is 0 Å². The summed E-state index contributed by atoms with van der Waals surface area (Å²) in [6.07, 6.45) is 1.44. The van der Waals surface area contributed by atoms with Crippen LogP contribution < -0.4 is 5.32 Å². The van der Waals surface area contributed by atoms with Crippen LogP contribution in [0, 0.1) is 13.8 Å². The number of aryl methyl sites for hydroxylation is 2. The van der Waals surface area contributed by atoms with E-state index in [4.69, 9.17) is 9.26 Å². The minimum Gasteiger partial charge on any atom is -0.373 e. The van der Waals surface area contributed by atoms with Gasteiger partial charge in [0, 0.05) is 31.9 Å². The lowest BCUT2D eigenvalue weighted by atomic mass is 10.1. The highest BCUT2D eigenvalue weighted by Crippen LogP contribution is 2.21. The molecule has 1 saturated heterocycles. The SMILES string of the molecule is Cc1cc(C(=O)NCCCN2CC(C)OC(C)C2)c2c(C)noc2n1. The van der Waals surface area contributed by atoms with Crippen molar-refractivity contribution in [3.63, 3.8) is 0 Å². The molecular weight excluding hydrogens is 320 g/mol. The summed E-state index contributed by atoms with van der Waals surface area (Å²) in [5.41, 5.74) is 2.42. The molecule has 136 valence electrons. The summed E-state index contributed by atoms with van der Waals surface area (Å²) in [4.78, 5) is 19.3. The van der Waals surface area contributed by atoms with E-state index in [1.54, 1.807) is 6.07 Å². The van der Waals surface area contributed by atoms with E-state index in [9.17, 15) is 4.79 Å². The third kappa shape index (κ3) is 4.16. The second-order valence-corrected chi connectivity index (χ2v) is 6.89. The van der Waals surface area contributed by atoms with Crippen LogP contribution in [0.15, 0.2) is 10.6 Å². The van der Waals surface area contributed by atoms with E-state index in [1.807, 2.05) is 13.8 Å². The Labute approximate surface area is 147 Å². The zero-order valence-corrected chi connectivity index (χ0v) is 15.3. The van der Waals surface area contributed by atoms with Gasteiger partial charge in [0.2, 0.25) is 0 Å². The molecule has 2 atom stereocenters. The number of hydrogen-bond donors (Lipinski definition) is 1. The molecule has 0 spiro atoms. The van der Waals surface area contributed by atoms with Gasteiger partial charge in [-0.1, -0.05) is 5.16 Å². The van der Waals surface area contributed by atoms with Gasteiger partial charge in [-0.05, 0) is 40.2 Å². The Hall–Kier alpha value is -1.99. The zero-order valence-electron chi connectivity index (χ0n) is 15.3. The molecule has 2 aromatic heterocycles. The maximum absolute atomic E-state index is 12.6. The van der Waals surface area contributed by atoms with Crippen molar-refractivity contribution >= 4 is 17.0 Å². The summed E-state index contributed by atoms with van der Waals surface area (Å²) >= 11 is 0. The number of carbonyl (C=O) groups is 1. The minimum absolute atomic E-state index is 0.106. The lowest BCUT2D eigenvalue weighted by Gasteiger charge is -2.35. The van der Waals surface area contributed by atoms with Gasteiger partial charge >= 0.3 is 0 Å². The normalized spacial score (nSPS) is 21.6. The minimum atomic E-state index is -0.106. The van der Waals surface area contributed by atoms with Gasteiger partial charge in [0.05, 0.1) is 28.9 Å². The van der Waals surface area contributed by atoms with Crippen LogP contribution in [0.5, 0.6) is 0 Å². The number of aromatic nitrogens is 2. The Bertz CT molecular complexity index is 748. The summed E-state index contributed by atoms with van der Waals surface area (Å²) in [7, 11) is 0. The maximum atomic E-state index is 12.6. The lowest BCUT2D eigenvalue weighted by molar-refractivity contribution is -0.0679. The first-order valence-electron chi connectivity index (χ1n) is 8.83. The van der Waals surface area contributed by atoms with Crippen LogP contribution in [0.2, 0.25) is 0 Å². The number of nitrogens with one attached hydrogen (secondary N) is 1. The number of ether oxygens (including phenoxy) is 1. The molecule has 1 aliphatic rings. The van der Waals surface area contributed by atoms with Crippen LogP contribution in [-0.4, -0.2) is 59.3 Å². The van der Waals surface area contributed by atoms with Crippen molar-refractivity contribution in [1.82, 2.24) is 20.4 Å². The maximum Gasteiger partial charge on any atom is 0.258 e. The van der Waals surface area contributed by atoms with Gasteiger partial charge in [-0.3, -0.25) is 9.69 Å². The van der Waals surface area contributed by atoms with Crippen LogP contribution in [0.3, 0.4) is 0 Å². The number of nitrogens with zero attached hydrogens (tertiary/aromatic N) is 3. The number of fused-ring (bicyclic) bond motifs is 1. The van der Waals surface area contributed by atoms with E-state index in [0.717, 1.165) is 31.7 Å². The summed E-state index contributed by atoms with van der Waals surface area (Å²) < 4.78 is 10.9. The highest BCUT2D eigenvalue weighted by Gasteiger charge is 2.22. The first kappa shape index (κ1) is 17.8. The Kier molecular flexibility index (Phi) is 5.34. The van der Waals surface area contributed by atoms with Crippen molar-refractivity contribution in [1.29, 1.82) is 0 Å². The van der Waals surface area contributed by atoms with Crippen LogP contribution >= 0.6 is 0 Å².